The summed E-state index contributed by atoms with van der Waals surface area (Å²) >= 11 is 0. The number of hydrogen-bond acceptors (Lipinski definition) is 4. The number of pyridine rings is 1. The monoisotopic (exact) mass is 469 g/mol. The van der Waals surface area contributed by atoms with Crippen LogP contribution in [-0.4, -0.2) is 25.7 Å². The number of carbonyl (C=O) groups excluding carboxylic acids is 1. The van der Waals surface area contributed by atoms with Crippen LogP contribution < -0.4 is 10.1 Å². The highest BCUT2D eigenvalue weighted by Crippen LogP contribution is 2.37. The number of halogens is 1. The highest BCUT2D eigenvalue weighted by Gasteiger charge is 2.17. The number of aryl methyl sites for hydroxylation is 2. The summed E-state index contributed by atoms with van der Waals surface area (Å²) in [6.45, 7) is 3.88. The third kappa shape index (κ3) is 4.50. The summed E-state index contributed by atoms with van der Waals surface area (Å²) < 4.78 is 21.7. The number of aromatic nitrogens is 4. The number of nitrogens with one attached hydrogen (secondary N) is 2. The van der Waals surface area contributed by atoms with Gasteiger partial charge in [-0.25, -0.2) is 9.37 Å². The molecular weight excluding hydrogens is 445 g/mol. The van der Waals surface area contributed by atoms with Crippen molar-refractivity contribution >= 4 is 16.9 Å². The van der Waals surface area contributed by atoms with E-state index in [2.05, 4.69) is 20.4 Å². The molecule has 3 heterocycles. The largest absolute Gasteiger partial charge is 0.456 e. The molecule has 0 unspecified atom stereocenters. The fourth-order valence-corrected chi connectivity index (χ4v) is 4.15. The minimum Gasteiger partial charge on any atom is -0.456 e. The van der Waals surface area contributed by atoms with E-state index in [0.29, 0.717) is 33.8 Å². The first-order valence-corrected chi connectivity index (χ1v) is 11.2. The third-order valence-electron chi connectivity index (χ3n) is 5.83. The molecule has 3 aromatic heterocycles. The molecule has 0 radical (unpaired) electrons. The molecule has 5 aromatic rings. The van der Waals surface area contributed by atoms with Gasteiger partial charge >= 0.3 is 0 Å². The number of benzene rings is 2. The fourth-order valence-electron chi connectivity index (χ4n) is 4.15. The summed E-state index contributed by atoms with van der Waals surface area (Å²) in [7, 11) is 1.86. The van der Waals surface area contributed by atoms with Gasteiger partial charge in [0.05, 0.1) is 11.1 Å². The molecule has 0 saturated carbocycles. The van der Waals surface area contributed by atoms with Gasteiger partial charge < -0.3 is 15.0 Å². The number of fused-ring (bicyclic) bond motifs is 1. The zero-order valence-corrected chi connectivity index (χ0v) is 19.6. The summed E-state index contributed by atoms with van der Waals surface area (Å²) in [5, 5.41) is 8.18. The Labute approximate surface area is 201 Å². The Balaban J connectivity index is 1.42. The number of H-pyrrole nitrogens is 1. The Kier molecular flexibility index (Phi) is 5.78. The van der Waals surface area contributed by atoms with Gasteiger partial charge in [0.25, 0.3) is 5.91 Å². The van der Waals surface area contributed by atoms with Gasteiger partial charge in [0.15, 0.2) is 0 Å². The van der Waals surface area contributed by atoms with Crippen LogP contribution in [0.3, 0.4) is 0 Å². The lowest BCUT2D eigenvalue weighted by Gasteiger charge is -2.14. The van der Waals surface area contributed by atoms with Crippen molar-refractivity contribution < 1.29 is 13.9 Å². The van der Waals surface area contributed by atoms with Crippen molar-refractivity contribution in [2.24, 2.45) is 7.05 Å². The molecule has 0 saturated heterocycles. The minimum atomic E-state index is -0.320. The van der Waals surface area contributed by atoms with E-state index < -0.39 is 0 Å². The first-order valence-electron chi connectivity index (χ1n) is 11.2. The van der Waals surface area contributed by atoms with Crippen molar-refractivity contribution in [1.29, 1.82) is 0 Å². The molecule has 5 rings (SSSR count). The Hall–Kier alpha value is -4.46. The molecule has 0 atom stereocenters. The minimum absolute atomic E-state index is 0.226. The van der Waals surface area contributed by atoms with Crippen molar-refractivity contribution in [3.8, 4) is 22.8 Å². The number of nitrogens with zero attached hydrogens (tertiary/aromatic N) is 3. The van der Waals surface area contributed by atoms with Crippen molar-refractivity contribution in [1.82, 2.24) is 25.1 Å². The van der Waals surface area contributed by atoms with E-state index in [0.717, 1.165) is 22.2 Å². The van der Waals surface area contributed by atoms with Crippen LogP contribution in [0.1, 0.15) is 27.0 Å². The third-order valence-corrected chi connectivity index (χ3v) is 5.83. The number of aromatic amines is 1. The Bertz CT molecular complexity index is 1530. The molecule has 176 valence electrons. The molecule has 35 heavy (non-hydrogen) atoms. The SMILES string of the molecule is Cc1cc(F)cc(CNC(=O)c2cccc(Oc3ccnc4[nH]cc(-c5ccn(C)n5)c34)c2C)c1. The normalized spacial score (nSPS) is 11.1. The average molecular weight is 470 g/mol. The average Bonchev–Trinajstić information content (AvgIpc) is 3.45. The van der Waals surface area contributed by atoms with Gasteiger partial charge in [0.2, 0.25) is 0 Å². The molecule has 7 nitrogen and oxygen atoms in total. The summed E-state index contributed by atoms with van der Waals surface area (Å²) in [6, 6.07) is 13.8. The first-order chi connectivity index (χ1) is 16.9. The lowest BCUT2D eigenvalue weighted by Crippen LogP contribution is -2.23. The summed E-state index contributed by atoms with van der Waals surface area (Å²) in [5.74, 6) is 0.581. The van der Waals surface area contributed by atoms with Gasteiger partial charge in [-0.3, -0.25) is 9.48 Å². The van der Waals surface area contributed by atoms with Gasteiger partial charge in [-0.1, -0.05) is 12.1 Å². The predicted molar refractivity (Wildman–Crippen MR) is 132 cm³/mol. The van der Waals surface area contributed by atoms with E-state index >= 15 is 0 Å². The maximum atomic E-state index is 13.7. The highest BCUT2D eigenvalue weighted by molar-refractivity contribution is 5.98. The van der Waals surface area contributed by atoms with Gasteiger partial charge in [-0.2, -0.15) is 5.10 Å². The second kappa shape index (κ2) is 9.06. The van der Waals surface area contributed by atoms with Crippen LogP contribution in [0.4, 0.5) is 4.39 Å². The van der Waals surface area contributed by atoms with E-state index in [1.54, 1.807) is 29.1 Å². The fraction of sp³-hybridized carbons (Fsp3) is 0.148. The van der Waals surface area contributed by atoms with E-state index in [4.69, 9.17) is 4.74 Å². The van der Waals surface area contributed by atoms with Gasteiger partial charge in [0, 0.05) is 48.9 Å². The van der Waals surface area contributed by atoms with Gasteiger partial charge in [-0.05, 0) is 61.4 Å². The van der Waals surface area contributed by atoms with Crippen LogP contribution >= 0.6 is 0 Å². The quantitative estimate of drug-likeness (QED) is 0.347. The molecule has 0 bridgehead atoms. The Morgan fingerprint density at radius 3 is 2.77 bits per heavy atom. The van der Waals surface area contributed by atoms with Gasteiger partial charge in [0.1, 0.15) is 23.0 Å². The standard InChI is InChI=1S/C27H24FN5O2/c1-16-11-18(13-19(28)12-16)14-31-27(34)20-5-4-6-23(17(20)2)35-24-7-9-29-26-25(24)21(15-30-26)22-8-10-33(3)32-22/h4-13,15H,14H2,1-3H3,(H,29,30)(H,31,34). The van der Waals surface area contributed by atoms with Crippen LogP contribution in [-0.2, 0) is 13.6 Å². The van der Waals surface area contributed by atoms with E-state index in [1.807, 2.05) is 51.5 Å². The Morgan fingerprint density at radius 1 is 1.14 bits per heavy atom. The molecular formula is C27H24FN5O2. The molecule has 0 spiro atoms. The second-order valence-corrected chi connectivity index (χ2v) is 8.46. The summed E-state index contributed by atoms with van der Waals surface area (Å²) in [6.07, 6.45) is 5.41. The smallest absolute Gasteiger partial charge is 0.251 e. The van der Waals surface area contributed by atoms with Crippen molar-refractivity contribution in [3.63, 3.8) is 0 Å². The highest BCUT2D eigenvalue weighted by atomic mass is 19.1. The van der Waals surface area contributed by atoms with Crippen molar-refractivity contribution in [3.05, 3.63) is 95.2 Å². The summed E-state index contributed by atoms with van der Waals surface area (Å²) in [5.41, 5.74) is 5.05. The first kappa shape index (κ1) is 22.3. The molecule has 8 heteroatoms. The number of amides is 1. The van der Waals surface area contributed by atoms with Crippen LogP contribution in [0.5, 0.6) is 11.5 Å². The lowest BCUT2D eigenvalue weighted by molar-refractivity contribution is 0.0950. The molecule has 0 aliphatic heterocycles. The molecule has 0 aliphatic rings. The molecule has 2 aromatic carbocycles. The van der Waals surface area contributed by atoms with Crippen molar-refractivity contribution in [2.45, 2.75) is 20.4 Å². The number of ether oxygens (including phenoxy) is 1. The van der Waals surface area contributed by atoms with E-state index in [-0.39, 0.29) is 18.3 Å². The number of hydrogen-bond donors (Lipinski definition) is 2. The van der Waals surface area contributed by atoms with Crippen LogP contribution in [0.2, 0.25) is 0 Å². The summed E-state index contributed by atoms with van der Waals surface area (Å²) in [4.78, 5) is 20.5. The predicted octanol–water partition coefficient (Wildman–Crippen LogP) is 5.44. The van der Waals surface area contributed by atoms with Crippen LogP contribution in [0, 0.1) is 19.7 Å². The zero-order chi connectivity index (χ0) is 24.5. The van der Waals surface area contributed by atoms with E-state index in [9.17, 15) is 9.18 Å². The maximum Gasteiger partial charge on any atom is 0.251 e. The molecule has 0 aliphatic carbocycles. The lowest BCUT2D eigenvalue weighted by atomic mass is 10.1. The topological polar surface area (TPSA) is 84.8 Å². The molecule has 2 N–H and O–H groups in total. The van der Waals surface area contributed by atoms with Crippen LogP contribution in [0.25, 0.3) is 22.3 Å². The molecule has 1 amide bonds. The number of rotatable bonds is 6. The Morgan fingerprint density at radius 2 is 2.00 bits per heavy atom. The maximum absolute atomic E-state index is 13.7. The van der Waals surface area contributed by atoms with Crippen LogP contribution in [0.15, 0.2) is 67.1 Å². The zero-order valence-electron chi connectivity index (χ0n) is 19.6. The van der Waals surface area contributed by atoms with Crippen molar-refractivity contribution in [2.75, 3.05) is 0 Å². The molecule has 0 fully saturated rings. The van der Waals surface area contributed by atoms with Gasteiger partial charge in [-0.15, -0.1) is 0 Å². The van der Waals surface area contributed by atoms with E-state index in [1.165, 1.54) is 12.1 Å². The second-order valence-electron chi connectivity index (χ2n) is 8.46. The number of carbonyl (C=O) groups is 1.